The van der Waals surface area contributed by atoms with Gasteiger partial charge in [0.05, 0.1) is 0 Å². The van der Waals surface area contributed by atoms with Crippen LogP contribution in [0.4, 0.5) is 5.69 Å². The first-order valence-corrected chi connectivity index (χ1v) is 5.40. The smallest absolute Gasteiger partial charge is 0.261 e. The van der Waals surface area contributed by atoms with Crippen molar-refractivity contribution in [3.8, 4) is 0 Å². The molecule has 16 heavy (non-hydrogen) atoms. The second-order valence-corrected chi connectivity index (χ2v) is 4.04. The molecule has 1 aromatic rings. The zero-order valence-electron chi connectivity index (χ0n) is 9.29. The maximum absolute atomic E-state index is 11.7. The highest BCUT2D eigenvalue weighted by atomic mass is 16.3. The average molecular weight is 217 g/mol. The SMILES string of the molecule is C=CC[C@]1(O)C(=O)Nc2cc(CC)ccc21. The monoisotopic (exact) mass is 217 g/mol. The summed E-state index contributed by atoms with van der Waals surface area (Å²) in [7, 11) is 0. The molecule has 3 heteroatoms. The number of anilines is 1. The van der Waals surface area contributed by atoms with Crippen molar-refractivity contribution in [1.82, 2.24) is 0 Å². The van der Waals surface area contributed by atoms with Gasteiger partial charge in [-0.25, -0.2) is 0 Å². The third-order valence-corrected chi connectivity index (χ3v) is 3.00. The first-order chi connectivity index (χ1) is 7.61. The van der Waals surface area contributed by atoms with Crippen molar-refractivity contribution in [2.75, 3.05) is 5.32 Å². The van der Waals surface area contributed by atoms with Gasteiger partial charge < -0.3 is 10.4 Å². The van der Waals surface area contributed by atoms with Gasteiger partial charge in [-0.15, -0.1) is 6.58 Å². The van der Waals surface area contributed by atoms with E-state index in [2.05, 4.69) is 18.8 Å². The minimum Gasteiger partial charge on any atom is -0.375 e. The van der Waals surface area contributed by atoms with Gasteiger partial charge in [-0.1, -0.05) is 25.1 Å². The molecule has 1 heterocycles. The molecule has 84 valence electrons. The molecule has 0 aliphatic carbocycles. The highest BCUT2D eigenvalue weighted by molar-refractivity contribution is 6.05. The van der Waals surface area contributed by atoms with E-state index in [1.807, 2.05) is 18.2 Å². The maximum Gasteiger partial charge on any atom is 0.261 e. The fraction of sp³-hybridized carbons (Fsp3) is 0.308. The Labute approximate surface area is 94.8 Å². The van der Waals surface area contributed by atoms with E-state index in [0.29, 0.717) is 11.3 Å². The van der Waals surface area contributed by atoms with E-state index in [-0.39, 0.29) is 12.3 Å². The number of rotatable bonds is 3. The number of carbonyl (C=O) groups is 1. The zero-order chi connectivity index (χ0) is 11.8. The van der Waals surface area contributed by atoms with Crippen LogP contribution in [0.3, 0.4) is 0 Å². The Balaban J connectivity index is 2.50. The fourth-order valence-electron chi connectivity index (χ4n) is 2.03. The molecule has 0 aromatic heterocycles. The first kappa shape index (κ1) is 10.9. The number of nitrogens with one attached hydrogen (secondary N) is 1. The Morgan fingerprint density at radius 3 is 2.94 bits per heavy atom. The lowest BCUT2D eigenvalue weighted by Crippen LogP contribution is -2.33. The van der Waals surface area contributed by atoms with Crippen molar-refractivity contribution >= 4 is 11.6 Å². The third-order valence-electron chi connectivity index (χ3n) is 3.00. The molecule has 1 atom stereocenters. The van der Waals surface area contributed by atoms with Crippen molar-refractivity contribution in [1.29, 1.82) is 0 Å². The number of fused-ring (bicyclic) bond motifs is 1. The van der Waals surface area contributed by atoms with Crippen LogP contribution in [0.25, 0.3) is 0 Å². The lowest BCUT2D eigenvalue weighted by Gasteiger charge is -2.18. The predicted octanol–water partition coefficient (Wildman–Crippen LogP) is 1.96. The van der Waals surface area contributed by atoms with Gasteiger partial charge in [0.25, 0.3) is 5.91 Å². The molecular weight excluding hydrogens is 202 g/mol. The summed E-state index contributed by atoms with van der Waals surface area (Å²) in [5, 5.41) is 13.0. The standard InChI is InChI=1S/C13H15NO2/c1-3-7-13(16)10-6-5-9(4-2)8-11(10)14-12(13)15/h3,5-6,8,16H,1,4,7H2,2H3,(H,14,15)/t13-/m1/s1. The summed E-state index contributed by atoms with van der Waals surface area (Å²) in [5.41, 5.74) is 1.06. The van der Waals surface area contributed by atoms with Crippen molar-refractivity contribution in [2.45, 2.75) is 25.4 Å². The number of benzene rings is 1. The molecule has 2 rings (SSSR count). The molecule has 0 radical (unpaired) electrons. The molecular formula is C13H15NO2. The normalized spacial score (nSPS) is 22.8. The van der Waals surface area contributed by atoms with Gasteiger partial charge in [0, 0.05) is 17.7 Å². The van der Waals surface area contributed by atoms with Crippen molar-refractivity contribution in [2.24, 2.45) is 0 Å². The van der Waals surface area contributed by atoms with E-state index in [0.717, 1.165) is 12.0 Å². The molecule has 1 amide bonds. The van der Waals surface area contributed by atoms with Gasteiger partial charge in [0.2, 0.25) is 0 Å². The summed E-state index contributed by atoms with van der Waals surface area (Å²) < 4.78 is 0. The van der Waals surface area contributed by atoms with Crippen LogP contribution in [-0.2, 0) is 16.8 Å². The summed E-state index contributed by atoms with van der Waals surface area (Å²) in [5.74, 6) is -0.365. The second-order valence-electron chi connectivity index (χ2n) is 4.04. The van der Waals surface area contributed by atoms with Crippen LogP contribution < -0.4 is 5.32 Å². The topological polar surface area (TPSA) is 49.3 Å². The molecule has 1 aromatic carbocycles. The van der Waals surface area contributed by atoms with Crippen molar-refractivity contribution in [3.63, 3.8) is 0 Å². The molecule has 1 aliphatic rings. The molecule has 0 spiro atoms. The molecule has 0 unspecified atom stereocenters. The van der Waals surface area contributed by atoms with Gasteiger partial charge in [0.15, 0.2) is 5.60 Å². The van der Waals surface area contributed by atoms with Crippen LogP contribution in [0.2, 0.25) is 0 Å². The molecule has 0 saturated carbocycles. The van der Waals surface area contributed by atoms with Crippen LogP contribution in [0.1, 0.15) is 24.5 Å². The second kappa shape index (κ2) is 3.76. The van der Waals surface area contributed by atoms with Crippen LogP contribution in [0.5, 0.6) is 0 Å². The van der Waals surface area contributed by atoms with E-state index < -0.39 is 5.60 Å². The molecule has 0 fully saturated rings. The number of aliphatic hydroxyl groups is 1. The molecule has 3 nitrogen and oxygen atoms in total. The Morgan fingerprint density at radius 2 is 2.31 bits per heavy atom. The highest BCUT2D eigenvalue weighted by Crippen LogP contribution is 2.38. The molecule has 0 saturated heterocycles. The quantitative estimate of drug-likeness (QED) is 0.760. The summed E-state index contributed by atoms with van der Waals surface area (Å²) >= 11 is 0. The van der Waals surface area contributed by atoms with Crippen LogP contribution in [-0.4, -0.2) is 11.0 Å². The van der Waals surface area contributed by atoms with Crippen LogP contribution in [0, 0.1) is 0 Å². The maximum atomic E-state index is 11.7. The third kappa shape index (κ3) is 1.44. The van der Waals surface area contributed by atoms with Crippen molar-refractivity contribution < 1.29 is 9.90 Å². The van der Waals surface area contributed by atoms with Gasteiger partial charge in [-0.05, 0) is 18.1 Å². The van der Waals surface area contributed by atoms with Crippen molar-refractivity contribution in [3.05, 3.63) is 42.0 Å². The molecule has 2 N–H and O–H groups in total. The Hall–Kier alpha value is -1.61. The van der Waals surface area contributed by atoms with E-state index in [1.165, 1.54) is 0 Å². The Bertz CT molecular complexity index is 453. The molecule has 0 bridgehead atoms. The van der Waals surface area contributed by atoms with E-state index >= 15 is 0 Å². The lowest BCUT2D eigenvalue weighted by atomic mass is 9.91. The van der Waals surface area contributed by atoms with E-state index in [9.17, 15) is 9.90 Å². The lowest BCUT2D eigenvalue weighted by molar-refractivity contribution is -0.133. The minimum absolute atomic E-state index is 0.233. The predicted molar refractivity (Wildman–Crippen MR) is 63.2 cm³/mol. The van der Waals surface area contributed by atoms with Gasteiger partial charge in [0.1, 0.15) is 0 Å². The van der Waals surface area contributed by atoms with E-state index in [1.54, 1.807) is 6.08 Å². The number of carbonyl (C=O) groups excluding carboxylic acids is 1. The van der Waals surface area contributed by atoms with Crippen LogP contribution >= 0.6 is 0 Å². The summed E-state index contributed by atoms with van der Waals surface area (Å²) in [6, 6.07) is 5.66. The van der Waals surface area contributed by atoms with Gasteiger partial charge >= 0.3 is 0 Å². The number of hydrogen-bond acceptors (Lipinski definition) is 2. The Kier molecular flexibility index (Phi) is 2.56. The summed E-state index contributed by atoms with van der Waals surface area (Å²) in [6.07, 6.45) is 2.70. The van der Waals surface area contributed by atoms with Gasteiger partial charge in [-0.2, -0.15) is 0 Å². The fourth-order valence-corrected chi connectivity index (χ4v) is 2.03. The zero-order valence-corrected chi connectivity index (χ0v) is 9.29. The van der Waals surface area contributed by atoms with Crippen LogP contribution in [0.15, 0.2) is 30.9 Å². The van der Waals surface area contributed by atoms with Gasteiger partial charge in [-0.3, -0.25) is 4.79 Å². The summed E-state index contributed by atoms with van der Waals surface area (Å²) in [4.78, 5) is 11.7. The number of hydrogen-bond donors (Lipinski definition) is 2. The minimum atomic E-state index is -1.44. The van der Waals surface area contributed by atoms with E-state index in [4.69, 9.17) is 0 Å². The number of aryl methyl sites for hydroxylation is 1. The molecule has 1 aliphatic heterocycles. The largest absolute Gasteiger partial charge is 0.375 e. The first-order valence-electron chi connectivity index (χ1n) is 5.40. The highest BCUT2D eigenvalue weighted by Gasteiger charge is 2.43. The Morgan fingerprint density at radius 1 is 1.56 bits per heavy atom. The summed E-state index contributed by atoms with van der Waals surface area (Å²) in [6.45, 7) is 5.62. The number of amides is 1. The average Bonchev–Trinajstić information content (AvgIpc) is 2.51.